The molecule has 0 unspecified atom stereocenters. The number of hydrogen-bond donors (Lipinski definition) is 0. The molecule has 0 N–H and O–H groups in total. The van der Waals surface area contributed by atoms with Crippen molar-refractivity contribution in [3.63, 3.8) is 0 Å². The summed E-state index contributed by atoms with van der Waals surface area (Å²) in [5.41, 5.74) is 0.838. The van der Waals surface area contributed by atoms with Crippen molar-refractivity contribution in [2.24, 2.45) is 11.8 Å². The molecule has 2 bridgehead atoms. The predicted octanol–water partition coefficient (Wildman–Crippen LogP) is 4.14. The molecule has 1 saturated carbocycles. The van der Waals surface area contributed by atoms with Gasteiger partial charge in [-0.2, -0.15) is 0 Å². The molecule has 1 aliphatic carbocycles. The van der Waals surface area contributed by atoms with Crippen molar-refractivity contribution in [3.8, 4) is 0 Å². The zero-order valence-electron chi connectivity index (χ0n) is 11.9. The number of fused-ring (bicyclic) bond motifs is 2. The molecule has 2 fully saturated rings. The van der Waals surface area contributed by atoms with Crippen LogP contribution >= 0.6 is 15.9 Å². The van der Waals surface area contributed by atoms with Gasteiger partial charge in [-0.15, -0.1) is 0 Å². The SMILES string of the molecule is O=C(CCN1CC[C@H]2CC[C@@H](C2)C1)c1ccc(Br)cc1. The highest BCUT2D eigenvalue weighted by Gasteiger charge is 2.29. The van der Waals surface area contributed by atoms with Gasteiger partial charge in [0.05, 0.1) is 0 Å². The van der Waals surface area contributed by atoms with E-state index in [0.717, 1.165) is 28.4 Å². The molecule has 1 heterocycles. The van der Waals surface area contributed by atoms with Crippen molar-refractivity contribution in [2.45, 2.75) is 32.1 Å². The van der Waals surface area contributed by atoms with Crippen LogP contribution < -0.4 is 0 Å². The molecule has 2 nitrogen and oxygen atoms in total. The van der Waals surface area contributed by atoms with Crippen molar-refractivity contribution in [3.05, 3.63) is 34.3 Å². The fourth-order valence-corrected chi connectivity index (χ4v) is 3.94. The lowest BCUT2D eigenvalue weighted by Crippen LogP contribution is -2.31. The molecule has 2 aliphatic rings. The number of rotatable bonds is 4. The Morgan fingerprint density at radius 1 is 1.15 bits per heavy atom. The molecule has 0 aromatic heterocycles. The Morgan fingerprint density at radius 2 is 1.90 bits per heavy atom. The Bertz CT molecular complexity index is 470. The Kier molecular flexibility index (Phi) is 4.57. The molecule has 2 atom stereocenters. The maximum absolute atomic E-state index is 12.2. The number of carbonyl (C=O) groups excluding carboxylic acids is 1. The number of Topliss-reactive ketones (excluding diaryl/α,β-unsaturated/α-hetero) is 1. The quantitative estimate of drug-likeness (QED) is 0.770. The van der Waals surface area contributed by atoms with E-state index in [1.54, 1.807) is 0 Å². The predicted molar refractivity (Wildman–Crippen MR) is 85.0 cm³/mol. The van der Waals surface area contributed by atoms with E-state index < -0.39 is 0 Å². The Hall–Kier alpha value is -0.670. The van der Waals surface area contributed by atoms with E-state index in [-0.39, 0.29) is 5.78 Å². The van der Waals surface area contributed by atoms with Crippen LogP contribution in [0.25, 0.3) is 0 Å². The van der Waals surface area contributed by atoms with E-state index in [9.17, 15) is 4.79 Å². The first-order valence-electron chi connectivity index (χ1n) is 7.72. The van der Waals surface area contributed by atoms with Crippen LogP contribution in [0.4, 0.5) is 0 Å². The fraction of sp³-hybridized carbons (Fsp3) is 0.588. The number of hydrogen-bond acceptors (Lipinski definition) is 2. The van der Waals surface area contributed by atoms with E-state index in [1.165, 1.54) is 38.8 Å². The van der Waals surface area contributed by atoms with E-state index in [2.05, 4.69) is 20.8 Å². The summed E-state index contributed by atoms with van der Waals surface area (Å²) < 4.78 is 1.03. The van der Waals surface area contributed by atoms with Crippen LogP contribution in [0.5, 0.6) is 0 Å². The molecule has 1 aliphatic heterocycles. The summed E-state index contributed by atoms with van der Waals surface area (Å²) in [6.07, 6.45) is 6.26. The Labute approximate surface area is 129 Å². The number of benzene rings is 1. The van der Waals surface area contributed by atoms with Gasteiger partial charge in [-0.1, -0.05) is 34.5 Å². The molecule has 1 aromatic carbocycles. The van der Waals surface area contributed by atoms with Gasteiger partial charge in [0, 0.05) is 29.5 Å². The highest BCUT2D eigenvalue weighted by atomic mass is 79.9. The second-order valence-electron chi connectivity index (χ2n) is 6.31. The molecule has 0 radical (unpaired) electrons. The van der Waals surface area contributed by atoms with Gasteiger partial charge < -0.3 is 4.90 Å². The number of nitrogens with zero attached hydrogens (tertiary/aromatic N) is 1. The first-order chi connectivity index (χ1) is 9.70. The maximum atomic E-state index is 12.2. The summed E-state index contributed by atoms with van der Waals surface area (Å²) in [6, 6.07) is 7.71. The molecule has 1 saturated heterocycles. The first-order valence-corrected chi connectivity index (χ1v) is 8.51. The fourth-order valence-electron chi connectivity index (χ4n) is 3.67. The standard InChI is InChI=1S/C17H22BrNO/c18-16-5-3-15(4-6-16)17(20)8-10-19-9-7-13-1-2-14(11-13)12-19/h3-6,13-14H,1-2,7-12H2/t13-,14+/m1/s1. The van der Waals surface area contributed by atoms with Gasteiger partial charge in [0.1, 0.15) is 0 Å². The second kappa shape index (κ2) is 6.40. The number of ketones is 1. The van der Waals surface area contributed by atoms with E-state index in [4.69, 9.17) is 0 Å². The minimum absolute atomic E-state index is 0.270. The summed E-state index contributed by atoms with van der Waals surface area (Å²) >= 11 is 3.40. The Balaban J connectivity index is 1.51. The van der Waals surface area contributed by atoms with Gasteiger partial charge in [-0.05, 0) is 49.8 Å². The molecule has 0 amide bonds. The number of carbonyl (C=O) groups is 1. The van der Waals surface area contributed by atoms with Crippen molar-refractivity contribution >= 4 is 21.7 Å². The molecule has 3 heteroatoms. The van der Waals surface area contributed by atoms with Crippen molar-refractivity contribution < 1.29 is 4.79 Å². The average molecular weight is 336 g/mol. The maximum Gasteiger partial charge on any atom is 0.164 e. The number of likely N-dealkylation sites (tertiary alicyclic amines) is 1. The van der Waals surface area contributed by atoms with Gasteiger partial charge in [-0.25, -0.2) is 0 Å². The lowest BCUT2D eigenvalue weighted by atomic mass is 10.0. The highest BCUT2D eigenvalue weighted by Crippen LogP contribution is 2.36. The lowest BCUT2D eigenvalue weighted by molar-refractivity contribution is 0.0960. The molecule has 0 spiro atoms. The molecule has 3 rings (SSSR count). The summed E-state index contributed by atoms with van der Waals surface area (Å²) in [4.78, 5) is 14.7. The van der Waals surface area contributed by atoms with E-state index in [1.807, 2.05) is 24.3 Å². The van der Waals surface area contributed by atoms with Crippen molar-refractivity contribution in [1.29, 1.82) is 0 Å². The topological polar surface area (TPSA) is 20.3 Å². The lowest BCUT2D eigenvalue weighted by Gasteiger charge is -2.24. The third-order valence-electron chi connectivity index (χ3n) is 4.84. The number of halogens is 1. The van der Waals surface area contributed by atoms with Gasteiger partial charge >= 0.3 is 0 Å². The smallest absolute Gasteiger partial charge is 0.164 e. The third-order valence-corrected chi connectivity index (χ3v) is 5.37. The van der Waals surface area contributed by atoms with Crippen LogP contribution in [0.15, 0.2) is 28.7 Å². The largest absolute Gasteiger partial charge is 0.303 e. The molecule has 20 heavy (non-hydrogen) atoms. The third kappa shape index (κ3) is 3.50. The molecule has 1 aromatic rings. The normalized spacial score (nSPS) is 26.4. The Morgan fingerprint density at radius 3 is 2.70 bits per heavy atom. The molecule has 108 valence electrons. The van der Waals surface area contributed by atoms with Crippen LogP contribution in [0, 0.1) is 11.8 Å². The van der Waals surface area contributed by atoms with Crippen molar-refractivity contribution in [2.75, 3.05) is 19.6 Å². The van der Waals surface area contributed by atoms with Gasteiger partial charge in [0.2, 0.25) is 0 Å². The second-order valence-corrected chi connectivity index (χ2v) is 7.23. The summed E-state index contributed by atoms with van der Waals surface area (Å²) in [5, 5.41) is 0. The van der Waals surface area contributed by atoms with Crippen LogP contribution in [0.3, 0.4) is 0 Å². The minimum Gasteiger partial charge on any atom is -0.303 e. The molecular formula is C17H22BrNO. The van der Waals surface area contributed by atoms with Gasteiger partial charge in [-0.3, -0.25) is 4.79 Å². The summed E-state index contributed by atoms with van der Waals surface area (Å²) in [7, 11) is 0. The van der Waals surface area contributed by atoms with Crippen LogP contribution in [-0.4, -0.2) is 30.3 Å². The first kappa shape index (κ1) is 14.3. The minimum atomic E-state index is 0.270. The van der Waals surface area contributed by atoms with Crippen LogP contribution in [0.2, 0.25) is 0 Å². The summed E-state index contributed by atoms with van der Waals surface area (Å²) in [5.74, 6) is 2.13. The van der Waals surface area contributed by atoms with Gasteiger partial charge in [0.15, 0.2) is 5.78 Å². The van der Waals surface area contributed by atoms with Crippen LogP contribution in [0.1, 0.15) is 42.5 Å². The average Bonchev–Trinajstić information content (AvgIpc) is 2.78. The summed E-state index contributed by atoms with van der Waals surface area (Å²) in [6.45, 7) is 3.33. The van der Waals surface area contributed by atoms with Gasteiger partial charge in [0.25, 0.3) is 0 Å². The van der Waals surface area contributed by atoms with E-state index >= 15 is 0 Å². The van der Waals surface area contributed by atoms with Crippen LogP contribution in [-0.2, 0) is 0 Å². The zero-order chi connectivity index (χ0) is 13.9. The monoisotopic (exact) mass is 335 g/mol. The zero-order valence-corrected chi connectivity index (χ0v) is 13.4. The molecular weight excluding hydrogens is 314 g/mol. The highest BCUT2D eigenvalue weighted by molar-refractivity contribution is 9.10. The van der Waals surface area contributed by atoms with E-state index in [0.29, 0.717) is 6.42 Å². The van der Waals surface area contributed by atoms with Crippen molar-refractivity contribution in [1.82, 2.24) is 4.90 Å².